The number of carbonyl (C=O) groups is 2. The number of fused-ring (bicyclic) bond motifs is 2. The molecule has 1 aliphatic carbocycles. The van der Waals surface area contributed by atoms with Crippen molar-refractivity contribution in [3.63, 3.8) is 0 Å². The lowest BCUT2D eigenvalue weighted by Gasteiger charge is -2.27. The third-order valence-corrected chi connectivity index (χ3v) is 4.25. The van der Waals surface area contributed by atoms with E-state index in [-0.39, 0.29) is 0 Å². The molecule has 3 heteroatoms. The van der Waals surface area contributed by atoms with Crippen molar-refractivity contribution >= 4 is 24.1 Å². The molecule has 2 aliphatic rings. The van der Waals surface area contributed by atoms with Gasteiger partial charge in [0.25, 0.3) is 0 Å². The van der Waals surface area contributed by atoms with E-state index in [0.29, 0.717) is 0 Å². The second kappa shape index (κ2) is 4.16. The minimum Gasteiger partial charge on any atom is -0.392 e. The molecule has 0 N–H and O–H groups in total. The van der Waals surface area contributed by atoms with E-state index in [1.807, 2.05) is 66.7 Å². The number of hydrogen-bond donors (Lipinski definition) is 0. The number of esters is 2. The summed E-state index contributed by atoms with van der Waals surface area (Å²) in [7, 11) is 0. The van der Waals surface area contributed by atoms with Crippen LogP contribution in [0.5, 0.6) is 0 Å². The minimum atomic E-state index is -1.04. The maximum Gasteiger partial charge on any atom is 0.329 e. The van der Waals surface area contributed by atoms with Gasteiger partial charge in [0.15, 0.2) is 0 Å². The highest BCUT2D eigenvalue weighted by Gasteiger charge is 2.57. The van der Waals surface area contributed by atoms with Crippen molar-refractivity contribution < 1.29 is 14.3 Å². The fourth-order valence-electron chi connectivity index (χ4n) is 3.21. The number of carbonyl (C=O) groups excluding carboxylic acids is 2. The summed E-state index contributed by atoms with van der Waals surface area (Å²) in [6.07, 6.45) is 3.71. The van der Waals surface area contributed by atoms with Crippen LogP contribution in [0, 0.1) is 5.92 Å². The highest BCUT2D eigenvalue weighted by atomic mass is 16.6. The van der Waals surface area contributed by atoms with Crippen molar-refractivity contribution in [3.05, 3.63) is 70.6 Å². The molecule has 0 amide bonds. The van der Waals surface area contributed by atoms with E-state index in [2.05, 4.69) is 0 Å². The summed E-state index contributed by atoms with van der Waals surface area (Å²) in [6.45, 7) is 0. The molecule has 2 atom stereocenters. The molecule has 1 fully saturated rings. The monoisotopic (exact) mass is 276 g/mol. The molecule has 21 heavy (non-hydrogen) atoms. The molecule has 1 aliphatic heterocycles. The number of rotatable bonds is 1. The van der Waals surface area contributed by atoms with Gasteiger partial charge in [0.05, 0.1) is 0 Å². The van der Waals surface area contributed by atoms with Gasteiger partial charge in [0.2, 0.25) is 0 Å². The van der Waals surface area contributed by atoms with E-state index >= 15 is 0 Å². The molecule has 2 unspecified atom stereocenters. The Morgan fingerprint density at radius 2 is 1.52 bits per heavy atom. The number of cyclic esters (lactones) is 2. The quantitative estimate of drug-likeness (QED) is 0.574. The van der Waals surface area contributed by atoms with E-state index in [4.69, 9.17) is 4.74 Å². The Kier molecular flexibility index (Phi) is 2.39. The van der Waals surface area contributed by atoms with Crippen molar-refractivity contribution in [2.75, 3.05) is 0 Å². The predicted octanol–water partition coefficient (Wildman–Crippen LogP) is 0.899. The molecule has 1 heterocycles. The Morgan fingerprint density at radius 1 is 0.857 bits per heavy atom. The highest BCUT2D eigenvalue weighted by Crippen LogP contribution is 2.43. The van der Waals surface area contributed by atoms with E-state index < -0.39 is 23.3 Å². The minimum absolute atomic E-state index is 0.477. The maximum absolute atomic E-state index is 12.5. The Morgan fingerprint density at radius 3 is 2.29 bits per heavy atom. The van der Waals surface area contributed by atoms with Crippen LogP contribution in [0.4, 0.5) is 0 Å². The van der Waals surface area contributed by atoms with Crippen LogP contribution in [0.2, 0.25) is 0 Å². The second-order valence-corrected chi connectivity index (χ2v) is 5.36. The maximum atomic E-state index is 12.5. The summed E-state index contributed by atoms with van der Waals surface area (Å²) in [5, 5.41) is 1.91. The third kappa shape index (κ3) is 1.54. The summed E-state index contributed by atoms with van der Waals surface area (Å²) in [4.78, 5) is 24.6. The van der Waals surface area contributed by atoms with Gasteiger partial charge in [-0.2, -0.15) is 0 Å². The summed E-state index contributed by atoms with van der Waals surface area (Å²) >= 11 is 0. The van der Waals surface area contributed by atoms with Crippen LogP contribution in [0.15, 0.2) is 54.6 Å². The van der Waals surface area contributed by atoms with Gasteiger partial charge in [0.1, 0.15) is 11.3 Å². The average Bonchev–Trinajstić information content (AvgIpc) is 2.78. The first-order chi connectivity index (χ1) is 10.2. The molecule has 102 valence electrons. The molecule has 0 saturated carbocycles. The van der Waals surface area contributed by atoms with Gasteiger partial charge in [0, 0.05) is 0 Å². The number of ether oxygens (including phenoxy) is 1. The van der Waals surface area contributed by atoms with Crippen molar-refractivity contribution in [2.45, 2.75) is 5.41 Å². The largest absolute Gasteiger partial charge is 0.392 e. The average molecular weight is 276 g/mol. The van der Waals surface area contributed by atoms with Crippen LogP contribution < -0.4 is 10.4 Å². The van der Waals surface area contributed by atoms with Crippen LogP contribution in [-0.4, -0.2) is 11.9 Å². The topological polar surface area (TPSA) is 43.4 Å². The molecular weight excluding hydrogens is 264 g/mol. The molecule has 0 bridgehead atoms. The van der Waals surface area contributed by atoms with E-state index in [1.165, 1.54) is 0 Å². The van der Waals surface area contributed by atoms with E-state index in [1.54, 1.807) is 0 Å². The van der Waals surface area contributed by atoms with Gasteiger partial charge in [-0.3, -0.25) is 9.59 Å². The lowest BCUT2D eigenvalue weighted by atomic mass is 9.69. The lowest BCUT2D eigenvalue weighted by molar-refractivity contribution is -0.153. The summed E-state index contributed by atoms with van der Waals surface area (Å²) in [5.41, 5.74) is -0.247. The molecule has 0 spiro atoms. The predicted molar refractivity (Wildman–Crippen MR) is 77.3 cm³/mol. The summed E-state index contributed by atoms with van der Waals surface area (Å²) in [5.74, 6) is -1.56. The van der Waals surface area contributed by atoms with Crippen molar-refractivity contribution in [3.8, 4) is 0 Å². The van der Waals surface area contributed by atoms with Crippen molar-refractivity contribution in [1.82, 2.24) is 0 Å². The van der Waals surface area contributed by atoms with E-state index in [9.17, 15) is 9.59 Å². The molecule has 2 aromatic rings. The van der Waals surface area contributed by atoms with Crippen LogP contribution in [0.25, 0.3) is 12.2 Å². The first kappa shape index (κ1) is 12.1. The normalized spacial score (nSPS) is 26.2. The fraction of sp³-hybridized carbons (Fsp3) is 0.111. The highest BCUT2D eigenvalue weighted by molar-refractivity contribution is 6.10. The summed E-state index contributed by atoms with van der Waals surface area (Å²) < 4.78 is 4.96. The Labute approximate surface area is 121 Å². The molecule has 1 saturated heterocycles. The van der Waals surface area contributed by atoms with Gasteiger partial charge in [-0.1, -0.05) is 66.7 Å². The van der Waals surface area contributed by atoms with Crippen LogP contribution in [-0.2, 0) is 19.7 Å². The number of hydrogen-bond acceptors (Lipinski definition) is 3. The molecule has 4 rings (SSSR count). The summed E-state index contributed by atoms with van der Waals surface area (Å²) in [6, 6.07) is 17.1. The molecule has 3 nitrogen and oxygen atoms in total. The van der Waals surface area contributed by atoms with Gasteiger partial charge in [-0.25, -0.2) is 0 Å². The molecular formula is C18H12O3. The lowest BCUT2D eigenvalue weighted by Crippen LogP contribution is -2.44. The van der Waals surface area contributed by atoms with Crippen molar-refractivity contribution in [1.29, 1.82) is 0 Å². The van der Waals surface area contributed by atoms with E-state index in [0.717, 1.165) is 16.0 Å². The zero-order valence-corrected chi connectivity index (χ0v) is 11.2. The van der Waals surface area contributed by atoms with Gasteiger partial charge >= 0.3 is 11.9 Å². The Bertz CT molecular complexity index is 867. The zero-order valence-electron chi connectivity index (χ0n) is 11.2. The smallest absolute Gasteiger partial charge is 0.329 e. The second-order valence-electron chi connectivity index (χ2n) is 5.36. The fourth-order valence-corrected chi connectivity index (χ4v) is 3.21. The standard InChI is InChI=1S/C18H12O3/c19-16-15-10-12-6-4-5-7-13(12)11-18(15,17(20)21-16)14-8-2-1-3-9-14/h1-11,15H. The first-order valence-electron chi connectivity index (χ1n) is 6.83. The molecule has 0 aromatic heterocycles. The van der Waals surface area contributed by atoms with Crippen LogP contribution >= 0.6 is 0 Å². The Hall–Kier alpha value is -2.68. The van der Waals surface area contributed by atoms with Gasteiger partial charge in [-0.05, 0) is 16.0 Å². The Balaban J connectivity index is 2.09. The SMILES string of the molecule is O=C1OC(=O)C2(c3ccccc3)C=c3ccccc3=CC12. The third-order valence-electron chi connectivity index (χ3n) is 4.25. The first-order valence-corrected chi connectivity index (χ1v) is 6.83. The van der Waals surface area contributed by atoms with Crippen LogP contribution in [0.3, 0.4) is 0 Å². The molecule has 0 radical (unpaired) electrons. The van der Waals surface area contributed by atoms with Crippen molar-refractivity contribution in [2.24, 2.45) is 5.92 Å². The molecule has 2 aromatic carbocycles. The number of benzene rings is 2. The van der Waals surface area contributed by atoms with Gasteiger partial charge in [-0.15, -0.1) is 0 Å². The zero-order chi connectivity index (χ0) is 14.4. The van der Waals surface area contributed by atoms with Crippen LogP contribution in [0.1, 0.15) is 5.56 Å². The van der Waals surface area contributed by atoms with Gasteiger partial charge < -0.3 is 4.74 Å².